The molecule has 2 aromatic rings. The van der Waals surface area contributed by atoms with Crippen molar-refractivity contribution in [3.8, 4) is 5.69 Å². The molecule has 1 fully saturated rings. The first kappa shape index (κ1) is 11.7. The van der Waals surface area contributed by atoms with Crippen molar-refractivity contribution in [1.29, 1.82) is 0 Å². The van der Waals surface area contributed by atoms with E-state index in [9.17, 15) is 4.39 Å². The number of nitrogens with zero attached hydrogens (tertiary/aromatic N) is 2. The normalized spacial score (nSPS) is 15.0. The van der Waals surface area contributed by atoms with Crippen LogP contribution in [-0.2, 0) is 6.54 Å². The summed E-state index contributed by atoms with van der Waals surface area (Å²) in [6.45, 7) is 0.722. The molecule has 0 radical (unpaired) electrons. The van der Waals surface area contributed by atoms with Crippen LogP contribution in [0.5, 0.6) is 0 Å². The van der Waals surface area contributed by atoms with Crippen molar-refractivity contribution in [2.75, 3.05) is 0 Å². The Morgan fingerprint density at radius 3 is 3.00 bits per heavy atom. The van der Waals surface area contributed by atoms with Crippen LogP contribution in [0.1, 0.15) is 18.5 Å². The predicted octanol–water partition coefficient (Wildman–Crippen LogP) is 2.92. The van der Waals surface area contributed by atoms with Crippen LogP contribution in [0.3, 0.4) is 0 Å². The van der Waals surface area contributed by atoms with Crippen LogP contribution < -0.4 is 5.32 Å². The van der Waals surface area contributed by atoms with Crippen molar-refractivity contribution in [2.24, 2.45) is 0 Å². The van der Waals surface area contributed by atoms with Gasteiger partial charge in [0.25, 0.3) is 0 Å². The lowest BCUT2D eigenvalue weighted by molar-refractivity contribution is 0.606. The molecule has 1 aromatic heterocycles. The van der Waals surface area contributed by atoms with Gasteiger partial charge in [0.1, 0.15) is 11.5 Å². The molecule has 1 N–H and O–H groups in total. The fourth-order valence-electron chi connectivity index (χ4n) is 1.79. The highest BCUT2D eigenvalue weighted by atomic mass is 35.5. The average molecular weight is 266 g/mol. The van der Waals surface area contributed by atoms with Crippen LogP contribution in [0.25, 0.3) is 5.69 Å². The second kappa shape index (κ2) is 4.71. The number of rotatable bonds is 4. The first-order chi connectivity index (χ1) is 8.72. The van der Waals surface area contributed by atoms with Crippen molar-refractivity contribution in [3.63, 3.8) is 0 Å². The molecular weight excluding hydrogens is 253 g/mol. The molecule has 0 amide bonds. The molecule has 0 atom stereocenters. The Morgan fingerprint density at radius 1 is 1.39 bits per heavy atom. The summed E-state index contributed by atoms with van der Waals surface area (Å²) >= 11 is 5.86. The third-order valence-corrected chi connectivity index (χ3v) is 3.18. The molecule has 5 heteroatoms. The van der Waals surface area contributed by atoms with E-state index < -0.39 is 0 Å². The second-order valence-corrected chi connectivity index (χ2v) is 4.94. The molecular formula is C13H13ClFN3. The van der Waals surface area contributed by atoms with Crippen LogP contribution in [-0.4, -0.2) is 15.8 Å². The zero-order valence-corrected chi connectivity index (χ0v) is 10.5. The molecule has 1 aromatic carbocycles. The molecule has 0 aliphatic heterocycles. The van der Waals surface area contributed by atoms with Crippen molar-refractivity contribution in [1.82, 2.24) is 15.1 Å². The Labute approximate surface area is 110 Å². The maximum atomic E-state index is 13.7. The molecule has 0 spiro atoms. The Morgan fingerprint density at radius 2 is 2.22 bits per heavy atom. The Hall–Kier alpha value is -1.39. The van der Waals surface area contributed by atoms with Crippen molar-refractivity contribution in [2.45, 2.75) is 25.4 Å². The molecule has 1 aliphatic carbocycles. The van der Waals surface area contributed by atoms with E-state index in [1.54, 1.807) is 12.3 Å². The lowest BCUT2D eigenvalue weighted by Gasteiger charge is -2.04. The summed E-state index contributed by atoms with van der Waals surface area (Å²) < 4.78 is 15.2. The topological polar surface area (TPSA) is 29.9 Å². The summed E-state index contributed by atoms with van der Waals surface area (Å²) in [6, 6.07) is 6.97. The van der Waals surface area contributed by atoms with E-state index in [1.165, 1.54) is 29.7 Å². The maximum Gasteiger partial charge on any atom is 0.148 e. The van der Waals surface area contributed by atoms with E-state index in [0.717, 1.165) is 12.2 Å². The summed E-state index contributed by atoms with van der Waals surface area (Å²) in [5, 5.41) is 8.21. The zero-order chi connectivity index (χ0) is 12.5. The Bertz CT molecular complexity index is 563. The fourth-order valence-corrected chi connectivity index (χ4v) is 1.95. The molecule has 0 saturated heterocycles. The first-order valence-corrected chi connectivity index (χ1v) is 6.33. The monoisotopic (exact) mass is 265 g/mol. The average Bonchev–Trinajstić information content (AvgIpc) is 3.08. The minimum absolute atomic E-state index is 0.329. The van der Waals surface area contributed by atoms with Crippen LogP contribution in [0.4, 0.5) is 4.39 Å². The fraction of sp³-hybridized carbons (Fsp3) is 0.308. The van der Waals surface area contributed by atoms with Gasteiger partial charge in [0.15, 0.2) is 0 Å². The first-order valence-electron chi connectivity index (χ1n) is 5.96. The van der Waals surface area contributed by atoms with Gasteiger partial charge < -0.3 is 5.32 Å². The van der Waals surface area contributed by atoms with Gasteiger partial charge in [0.2, 0.25) is 0 Å². The van der Waals surface area contributed by atoms with Crippen molar-refractivity contribution >= 4 is 11.6 Å². The molecule has 1 aliphatic rings. The van der Waals surface area contributed by atoms with E-state index >= 15 is 0 Å². The molecule has 0 bridgehead atoms. The van der Waals surface area contributed by atoms with Crippen LogP contribution in [0, 0.1) is 5.82 Å². The zero-order valence-electron chi connectivity index (χ0n) is 9.74. The molecule has 0 unspecified atom stereocenters. The summed E-state index contributed by atoms with van der Waals surface area (Å²) in [5.41, 5.74) is 1.28. The van der Waals surface area contributed by atoms with Crippen molar-refractivity contribution < 1.29 is 4.39 Å². The molecule has 94 valence electrons. The lowest BCUT2D eigenvalue weighted by atomic mass is 10.3. The summed E-state index contributed by atoms with van der Waals surface area (Å²) in [7, 11) is 0. The second-order valence-electron chi connectivity index (χ2n) is 4.50. The van der Waals surface area contributed by atoms with Gasteiger partial charge in [-0.3, -0.25) is 0 Å². The van der Waals surface area contributed by atoms with Crippen LogP contribution in [0.15, 0.2) is 30.5 Å². The third-order valence-electron chi connectivity index (χ3n) is 2.95. The number of halogens is 2. The smallest absolute Gasteiger partial charge is 0.148 e. The predicted molar refractivity (Wildman–Crippen MR) is 68.4 cm³/mol. The number of hydrogen-bond acceptors (Lipinski definition) is 2. The largest absolute Gasteiger partial charge is 0.308 e. The van der Waals surface area contributed by atoms with Gasteiger partial charge in [-0.2, -0.15) is 5.10 Å². The molecule has 18 heavy (non-hydrogen) atoms. The SMILES string of the molecule is Fc1ccc(Cl)cc1-n1ccc(CNC2CC2)n1. The van der Waals surface area contributed by atoms with Gasteiger partial charge in [-0.15, -0.1) is 0 Å². The summed E-state index contributed by atoms with van der Waals surface area (Å²) in [6.07, 6.45) is 4.23. The van der Waals surface area contributed by atoms with Gasteiger partial charge >= 0.3 is 0 Å². The van der Waals surface area contributed by atoms with Gasteiger partial charge in [0, 0.05) is 23.8 Å². The van der Waals surface area contributed by atoms with Crippen molar-refractivity contribution in [3.05, 3.63) is 47.0 Å². The van der Waals surface area contributed by atoms with Gasteiger partial charge in [-0.1, -0.05) is 11.6 Å². The minimum atomic E-state index is -0.329. The molecule has 1 saturated carbocycles. The van der Waals surface area contributed by atoms with Crippen LogP contribution >= 0.6 is 11.6 Å². The lowest BCUT2D eigenvalue weighted by Crippen LogP contribution is -2.15. The molecule has 3 rings (SSSR count). The van der Waals surface area contributed by atoms with Gasteiger partial charge in [-0.05, 0) is 37.1 Å². The van der Waals surface area contributed by atoms with Crippen LogP contribution in [0.2, 0.25) is 5.02 Å². The quantitative estimate of drug-likeness (QED) is 0.921. The molecule has 1 heterocycles. The summed E-state index contributed by atoms with van der Waals surface area (Å²) in [5.74, 6) is -0.329. The summed E-state index contributed by atoms with van der Waals surface area (Å²) in [4.78, 5) is 0. The standard InChI is InChI=1S/C13H13ClFN3/c14-9-1-4-12(15)13(7-9)18-6-5-11(17-18)8-16-10-2-3-10/h1,4-7,10,16H,2-3,8H2. The van der Waals surface area contributed by atoms with E-state index in [4.69, 9.17) is 11.6 Å². The minimum Gasteiger partial charge on any atom is -0.308 e. The van der Waals surface area contributed by atoms with Gasteiger partial charge in [0.05, 0.1) is 5.69 Å². The Kier molecular flexibility index (Phi) is 3.06. The van der Waals surface area contributed by atoms with Gasteiger partial charge in [-0.25, -0.2) is 9.07 Å². The highest BCUT2D eigenvalue weighted by molar-refractivity contribution is 6.30. The number of aromatic nitrogens is 2. The molecule has 3 nitrogen and oxygen atoms in total. The number of hydrogen-bond donors (Lipinski definition) is 1. The number of nitrogens with one attached hydrogen (secondary N) is 1. The number of benzene rings is 1. The third kappa shape index (κ3) is 2.54. The van der Waals surface area contributed by atoms with E-state index in [1.807, 2.05) is 6.07 Å². The van der Waals surface area contributed by atoms with E-state index in [-0.39, 0.29) is 5.82 Å². The van der Waals surface area contributed by atoms with E-state index in [0.29, 0.717) is 16.8 Å². The highest BCUT2D eigenvalue weighted by Crippen LogP contribution is 2.20. The Balaban J connectivity index is 1.80. The van der Waals surface area contributed by atoms with E-state index in [2.05, 4.69) is 10.4 Å². The highest BCUT2D eigenvalue weighted by Gasteiger charge is 2.20. The maximum absolute atomic E-state index is 13.7.